The molecule has 30 heavy (non-hydrogen) atoms. The first-order valence-electron chi connectivity index (χ1n) is 9.71. The molecule has 0 N–H and O–H groups in total. The van der Waals surface area contributed by atoms with Gasteiger partial charge in [-0.15, -0.1) is 0 Å². The molecule has 0 aliphatic carbocycles. The zero-order valence-electron chi connectivity index (χ0n) is 16.9. The number of ether oxygens (including phenoxy) is 3. The number of carbonyl (C=O) groups is 1. The number of aryl methyl sites for hydroxylation is 1. The minimum atomic E-state index is -0.139. The molecule has 150 valence electrons. The Morgan fingerprint density at radius 3 is 2.63 bits per heavy atom. The third kappa shape index (κ3) is 4.13. The average Bonchev–Trinajstić information content (AvgIpc) is 3.08. The topological polar surface area (TPSA) is 44.8 Å². The molecule has 0 spiro atoms. The summed E-state index contributed by atoms with van der Waals surface area (Å²) in [4.78, 5) is 12.6. The van der Waals surface area contributed by atoms with Crippen LogP contribution in [0.5, 0.6) is 17.2 Å². The smallest absolute Gasteiger partial charge is 0.231 e. The van der Waals surface area contributed by atoms with Gasteiger partial charge in [0.05, 0.1) is 12.7 Å². The molecule has 0 amide bonds. The molecule has 0 aromatic heterocycles. The van der Waals surface area contributed by atoms with Crippen molar-refractivity contribution in [3.63, 3.8) is 0 Å². The summed E-state index contributed by atoms with van der Waals surface area (Å²) in [7, 11) is 1.63. The number of hydrogen-bond donors (Lipinski definition) is 0. The Morgan fingerprint density at radius 1 is 1.00 bits per heavy atom. The number of para-hydroxylation sites is 1. The van der Waals surface area contributed by atoms with Gasteiger partial charge in [-0.2, -0.15) is 0 Å². The van der Waals surface area contributed by atoms with E-state index >= 15 is 0 Å². The Labute approximate surface area is 176 Å². The van der Waals surface area contributed by atoms with Crippen LogP contribution in [0, 0.1) is 6.92 Å². The van der Waals surface area contributed by atoms with E-state index in [4.69, 9.17) is 14.2 Å². The van der Waals surface area contributed by atoms with Gasteiger partial charge in [0.15, 0.2) is 5.76 Å². The van der Waals surface area contributed by atoms with E-state index in [-0.39, 0.29) is 11.5 Å². The van der Waals surface area contributed by atoms with Gasteiger partial charge in [-0.1, -0.05) is 54.6 Å². The minimum absolute atomic E-state index is 0.139. The van der Waals surface area contributed by atoms with Crippen molar-refractivity contribution in [2.45, 2.75) is 13.5 Å². The first kappa shape index (κ1) is 19.5. The van der Waals surface area contributed by atoms with Gasteiger partial charge >= 0.3 is 0 Å². The number of hydrogen-bond acceptors (Lipinski definition) is 4. The van der Waals surface area contributed by atoms with Crippen LogP contribution in [0.2, 0.25) is 0 Å². The molecule has 0 fully saturated rings. The third-order valence-electron chi connectivity index (χ3n) is 4.96. The molecular formula is C26H22O4. The van der Waals surface area contributed by atoms with E-state index in [0.29, 0.717) is 23.7 Å². The van der Waals surface area contributed by atoms with E-state index < -0.39 is 0 Å². The van der Waals surface area contributed by atoms with Crippen molar-refractivity contribution in [3.05, 3.63) is 107 Å². The molecule has 0 saturated carbocycles. The maximum Gasteiger partial charge on any atom is 0.231 e. The lowest BCUT2D eigenvalue weighted by Gasteiger charge is -2.09. The summed E-state index contributed by atoms with van der Waals surface area (Å²) in [6, 6.07) is 21.1. The van der Waals surface area contributed by atoms with Crippen LogP contribution in [0.3, 0.4) is 0 Å². The molecule has 4 nitrogen and oxygen atoms in total. The fourth-order valence-corrected chi connectivity index (χ4v) is 3.25. The Bertz CT molecular complexity index is 1140. The lowest BCUT2D eigenvalue weighted by atomic mass is 10.1. The number of methoxy groups -OCH3 is 1. The Hall–Kier alpha value is -3.79. The molecule has 4 rings (SSSR count). The second-order valence-corrected chi connectivity index (χ2v) is 6.94. The average molecular weight is 398 g/mol. The second-order valence-electron chi connectivity index (χ2n) is 6.94. The van der Waals surface area contributed by atoms with E-state index in [0.717, 1.165) is 16.9 Å². The standard InChI is InChI=1S/C26H22O4/c1-18-8-3-4-10-20(18)17-29-21-14-15-22-25(16-21)30-24(26(22)27)13-7-11-19-9-5-6-12-23(19)28-2/h3-16H,17H2,1-2H3. The summed E-state index contributed by atoms with van der Waals surface area (Å²) in [6.45, 7) is 2.52. The quantitative estimate of drug-likeness (QED) is 0.496. The Kier molecular flexibility index (Phi) is 5.66. The van der Waals surface area contributed by atoms with Crippen molar-refractivity contribution in [3.8, 4) is 17.2 Å². The van der Waals surface area contributed by atoms with Gasteiger partial charge in [0, 0.05) is 11.6 Å². The zero-order valence-corrected chi connectivity index (χ0v) is 16.9. The van der Waals surface area contributed by atoms with E-state index in [1.54, 1.807) is 37.5 Å². The molecule has 1 heterocycles. The summed E-state index contributed by atoms with van der Waals surface area (Å²) in [6.07, 6.45) is 5.33. The number of benzene rings is 3. The highest BCUT2D eigenvalue weighted by Gasteiger charge is 2.27. The first-order valence-corrected chi connectivity index (χ1v) is 9.71. The van der Waals surface area contributed by atoms with E-state index in [2.05, 4.69) is 13.0 Å². The van der Waals surface area contributed by atoms with Crippen LogP contribution < -0.4 is 14.2 Å². The van der Waals surface area contributed by atoms with Crippen LogP contribution in [-0.4, -0.2) is 12.9 Å². The van der Waals surface area contributed by atoms with Crippen molar-refractivity contribution >= 4 is 11.9 Å². The molecule has 0 bridgehead atoms. The maximum absolute atomic E-state index is 12.6. The van der Waals surface area contributed by atoms with Crippen LogP contribution in [0.1, 0.15) is 27.0 Å². The third-order valence-corrected chi connectivity index (χ3v) is 4.96. The molecule has 1 aliphatic rings. The van der Waals surface area contributed by atoms with E-state index in [1.165, 1.54) is 5.56 Å². The molecule has 0 saturated heterocycles. The number of rotatable bonds is 6. The van der Waals surface area contributed by atoms with Crippen LogP contribution in [0.25, 0.3) is 6.08 Å². The molecule has 1 aliphatic heterocycles. The largest absolute Gasteiger partial charge is 0.496 e. The van der Waals surface area contributed by atoms with Crippen LogP contribution in [-0.2, 0) is 6.61 Å². The molecule has 3 aromatic carbocycles. The first-order chi connectivity index (χ1) is 14.7. The number of Topliss-reactive ketones (excluding diaryl/α,β-unsaturated/α-hetero) is 1. The highest BCUT2D eigenvalue weighted by Crippen LogP contribution is 2.34. The summed E-state index contributed by atoms with van der Waals surface area (Å²) < 4.78 is 17.0. The fourth-order valence-electron chi connectivity index (χ4n) is 3.25. The second kappa shape index (κ2) is 8.70. The van der Waals surface area contributed by atoms with Gasteiger partial charge in [-0.25, -0.2) is 0 Å². The lowest BCUT2D eigenvalue weighted by molar-refractivity contribution is 0.101. The van der Waals surface area contributed by atoms with Gasteiger partial charge in [-0.3, -0.25) is 4.79 Å². The molecule has 3 aromatic rings. The zero-order chi connectivity index (χ0) is 20.9. The number of fused-ring (bicyclic) bond motifs is 1. The molecule has 0 unspecified atom stereocenters. The SMILES string of the molecule is COc1ccccc1C=CC=C1Oc2cc(OCc3ccccc3C)ccc2C1=O. The summed E-state index contributed by atoms with van der Waals surface area (Å²) >= 11 is 0. The number of allylic oxidation sites excluding steroid dienone is 3. The van der Waals surface area contributed by atoms with Crippen LogP contribution >= 0.6 is 0 Å². The van der Waals surface area contributed by atoms with Gasteiger partial charge in [0.25, 0.3) is 0 Å². The maximum atomic E-state index is 12.6. The normalized spacial score (nSPS) is 14.1. The van der Waals surface area contributed by atoms with Crippen molar-refractivity contribution in [1.29, 1.82) is 0 Å². The molecule has 4 heteroatoms. The monoisotopic (exact) mass is 398 g/mol. The predicted octanol–water partition coefficient (Wildman–Crippen LogP) is 5.76. The van der Waals surface area contributed by atoms with Crippen molar-refractivity contribution < 1.29 is 19.0 Å². The highest BCUT2D eigenvalue weighted by atomic mass is 16.5. The lowest BCUT2D eigenvalue weighted by Crippen LogP contribution is -1.98. The fraction of sp³-hybridized carbons (Fsp3) is 0.115. The minimum Gasteiger partial charge on any atom is -0.496 e. The van der Waals surface area contributed by atoms with Gasteiger partial charge in [0.1, 0.15) is 23.9 Å². The van der Waals surface area contributed by atoms with Crippen molar-refractivity contribution in [2.24, 2.45) is 0 Å². The number of carbonyl (C=O) groups excluding carboxylic acids is 1. The van der Waals surface area contributed by atoms with Crippen molar-refractivity contribution in [2.75, 3.05) is 7.11 Å². The van der Waals surface area contributed by atoms with Gasteiger partial charge in [-0.05, 0) is 42.3 Å². The summed E-state index contributed by atoms with van der Waals surface area (Å²) in [5, 5.41) is 0. The molecule has 0 atom stereocenters. The predicted molar refractivity (Wildman–Crippen MR) is 117 cm³/mol. The Balaban J connectivity index is 1.47. The van der Waals surface area contributed by atoms with Gasteiger partial charge < -0.3 is 14.2 Å². The van der Waals surface area contributed by atoms with Crippen molar-refractivity contribution in [1.82, 2.24) is 0 Å². The molecule has 0 radical (unpaired) electrons. The van der Waals surface area contributed by atoms with Crippen LogP contribution in [0.4, 0.5) is 0 Å². The Morgan fingerprint density at radius 2 is 1.80 bits per heavy atom. The summed E-state index contributed by atoms with van der Waals surface area (Å²) in [5.74, 6) is 2.09. The van der Waals surface area contributed by atoms with E-state index in [1.807, 2.05) is 48.5 Å². The van der Waals surface area contributed by atoms with E-state index in [9.17, 15) is 4.79 Å². The van der Waals surface area contributed by atoms with Crippen LogP contribution in [0.15, 0.2) is 84.6 Å². The number of ketones is 1. The highest BCUT2D eigenvalue weighted by molar-refractivity contribution is 6.12. The van der Waals surface area contributed by atoms with Gasteiger partial charge in [0.2, 0.25) is 5.78 Å². The molecular weight excluding hydrogens is 376 g/mol. The summed E-state index contributed by atoms with van der Waals surface area (Å²) in [5.41, 5.74) is 3.76.